The predicted molar refractivity (Wildman–Crippen MR) is 225 cm³/mol. The first-order valence-corrected chi connectivity index (χ1v) is 20.1. The molecule has 21 heteroatoms. The van der Waals surface area contributed by atoms with Crippen LogP contribution in [0.15, 0.2) is 41.8 Å². The Balaban J connectivity index is 2.12. The van der Waals surface area contributed by atoms with Crippen LogP contribution < -0.4 is 48.7 Å². The number of nitrogens with zero attached hydrogens (tertiary/aromatic N) is 2. The lowest BCUT2D eigenvalue weighted by Gasteiger charge is -2.26. The number of aliphatic imine (C=N–C) groups is 1. The van der Waals surface area contributed by atoms with E-state index in [-0.39, 0.29) is 62.2 Å². The van der Waals surface area contributed by atoms with Gasteiger partial charge in [0.05, 0.1) is 18.9 Å². The van der Waals surface area contributed by atoms with Gasteiger partial charge in [-0.1, -0.05) is 39.8 Å². The molecule has 7 amide bonds. The number of H-pyrrole nitrogens is 1. The Kier molecular flexibility index (Phi) is 21.4. The van der Waals surface area contributed by atoms with Gasteiger partial charge in [-0.3, -0.25) is 38.6 Å². The second kappa shape index (κ2) is 25.8. The van der Waals surface area contributed by atoms with Crippen molar-refractivity contribution in [2.24, 2.45) is 28.3 Å². The zero-order valence-corrected chi connectivity index (χ0v) is 35.6. The van der Waals surface area contributed by atoms with E-state index in [1.807, 2.05) is 27.7 Å². The largest absolute Gasteiger partial charge is 0.508 e. The van der Waals surface area contributed by atoms with Crippen LogP contribution in [0.4, 0.5) is 0 Å². The molecule has 0 fully saturated rings. The molecular weight excluding hydrogens is 793 g/mol. The first-order valence-electron chi connectivity index (χ1n) is 20.1. The van der Waals surface area contributed by atoms with Crippen LogP contribution >= 0.6 is 0 Å². The number of nitrogens with one attached hydrogen (secondary N) is 8. The van der Waals surface area contributed by atoms with E-state index in [2.05, 4.69) is 52.2 Å². The minimum atomic E-state index is -1.24. The van der Waals surface area contributed by atoms with E-state index in [1.165, 1.54) is 38.5 Å². The fraction of sp³-hybridized carbons (Fsp3) is 0.550. The monoisotopic (exact) mass is 854 g/mol. The van der Waals surface area contributed by atoms with Crippen molar-refractivity contribution < 1.29 is 43.5 Å². The third-order valence-electron chi connectivity index (χ3n) is 9.02. The number of amides is 7. The summed E-state index contributed by atoms with van der Waals surface area (Å²) in [4.78, 5) is 115. The van der Waals surface area contributed by atoms with Crippen LogP contribution in [0.2, 0.25) is 0 Å². The molecule has 0 aliphatic heterocycles. The fourth-order valence-electron chi connectivity index (χ4n) is 6.02. The third-order valence-corrected chi connectivity index (χ3v) is 9.02. The minimum absolute atomic E-state index is 0.0218. The van der Waals surface area contributed by atoms with Crippen LogP contribution in [0.5, 0.6) is 5.75 Å². The van der Waals surface area contributed by atoms with Crippen molar-refractivity contribution in [3.63, 3.8) is 0 Å². The van der Waals surface area contributed by atoms with Crippen molar-refractivity contribution in [2.75, 3.05) is 13.1 Å². The Morgan fingerprint density at radius 1 is 0.754 bits per heavy atom. The number of hydrogen-bond acceptors (Lipinski definition) is 11. The minimum Gasteiger partial charge on any atom is -0.508 e. The summed E-state index contributed by atoms with van der Waals surface area (Å²) in [5.74, 6) is -4.85. The average Bonchev–Trinajstić information content (AvgIpc) is 3.70. The number of aromatic hydroxyl groups is 1. The maximum Gasteiger partial charge on any atom is 0.243 e. The molecule has 0 spiro atoms. The van der Waals surface area contributed by atoms with E-state index < -0.39 is 84.1 Å². The lowest BCUT2D eigenvalue weighted by atomic mass is 10.0. The van der Waals surface area contributed by atoms with Gasteiger partial charge in [0.25, 0.3) is 0 Å². The molecule has 0 aliphatic rings. The number of aromatic nitrogens is 2. The van der Waals surface area contributed by atoms with Gasteiger partial charge in [0.2, 0.25) is 41.4 Å². The summed E-state index contributed by atoms with van der Waals surface area (Å²) in [6.45, 7) is 9.69. The Bertz CT molecular complexity index is 1800. The van der Waals surface area contributed by atoms with E-state index in [0.717, 1.165) is 0 Å². The number of imidazole rings is 1. The van der Waals surface area contributed by atoms with Crippen LogP contribution in [0.25, 0.3) is 0 Å². The lowest BCUT2D eigenvalue weighted by molar-refractivity contribution is -0.134. The molecule has 13 N–H and O–H groups in total. The van der Waals surface area contributed by atoms with Crippen molar-refractivity contribution in [3.8, 4) is 5.75 Å². The summed E-state index contributed by atoms with van der Waals surface area (Å²) in [6, 6.07) is -0.418. The van der Waals surface area contributed by atoms with Crippen LogP contribution in [0, 0.1) is 11.8 Å². The van der Waals surface area contributed by atoms with Gasteiger partial charge in [-0.05, 0) is 62.1 Å². The standard InChI is InChI=1S/C40H62N12O9/c1-22(2)14-30(51-39(61)33(17-28-18-43-21-46-28)52-38(60)32(48-25(6)54)16-26-9-11-29(55)12-10-26)36(58)45-19-34(56)50-31(15-23(3)4)37(59)47-24(5)35(57)49-27(20-53)8-7-13-44-40(41)42/h9-12,18,20-24,27,30-33,55H,7-8,13-17,19H2,1-6H3,(H,43,46)(H,45,58)(H,47,59)(H,48,54)(H,49,57)(H,50,56)(H,51,61)(H,52,60)(H4,41,42,44)/t24-,27-,30-,31-,32-,33-/m0/s1. The molecular formula is C40H62N12O9. The Morgan fingerprint density at radius 3 is 1.87 bits per heavy atom. The highest BCUT2D eigenvalue weighted by Crippen LogP contribution is 2.13. The van der Waals surface area contributed by atoms with Crippen LogP contribution in [-0.2, 0) is 51.2 Å². The smallest absolute Gasteiger partial charge is 0.243 e. The first-order chi connectivity index (χ1) is 28.8. The summed E-state index contributed by atoms with van der Waals surface area (Å²) >= 11 is 0. The summed E-state index contributed by atoms with van der Waals surface area (Å²) in [6.07, 6.45) is 4.45. The number of aldehydes is 1. The van der Waals surface area contributed by atoms with E-state index in [9.17, 15) is 43.5 Å². The van der Waals surface area contributed by atoms with Crippen molar-refractivity contribution in [1.82, 2.24) is 47.2 Å². The molecule has 21 nitrogen and oxygen atoms in total. The topological polar surface area (TPSA) is 334 Å². The highest BCUT2D eigenvalue weighted by Gasteiger charge is 2.31. The lowest BCUT2D eigenvalue weighted by Crippen LogP contribution is -2.58. The van der Waals surface area contributed by atoms with Crippen LogP contribution in [0.1, 0.15) is 78.5 Å². The zero-order valence-electron chi connectivity index (χ0n) is 35.6. The second-order valence-electron chi connectivity index (χ2n) is 15.6. The fourth-order valence-corrected chi connectivity index (χ4v) is 6.02. The Hall–Kier alpha value is -6.54. The molecule has 0 saturated carbocycles. The summed E-state index contributed by atoms with van der Waals surface area (Å²) in [5.41, 5.74) is 11.7. The molecule has 1 aromatic carbocycles. The van der Waals surface area contributed by atoms with Crippen LogP contribution in [-0.4, -0.2) is 118 Å². The maximum absolute atomic E-state index is 13.9. The molecule has 336 valence electrons. The molecule has 0 bridgehead atoms. The normalized spacial score (nSPS) is 13.9. The third kappa shape index (κ3) is 19.8. The number of carbonyl (C=O) groups excluding carboxylic acids is 8. The van der Waals surface area contributed by atoms with Gasteiger partial charge in [0, 0.05) is 38.2 Å². The second-order valence-corrected chi connectivity index (χ2v) is 15.6. The molecule has 61 heavy (non-hydrogen) atoms. The van der Waals surface area contributed by atoms with E-state index in [0.29, 0.717) is 24.0 Å². The van der Waals surface area contributed by atoms with Crippen LogP contribution in [0.3, 0.4) is 0 Å². The quantitative estimate of drug-likeness (QED) is 0.0219. The maximum atomic E-state index is 13.9. The van der Waals surface area contributed by atoms with E-state index in [1.54, 1.807) is 12.1 Å². The van der Waals surface area contributed by atoms with E-state index >= 15 is 0 Å². The molecule has 6 atom stereocenters. The molecule has 1 heterocycles. The van der Waals surface area contributed by atoms with Gasteiger partial charge in [-0.25, -0.2) is 4.98 Å². The number of benzene rings is 1. The predicted octanol–water partition coefficient (Wildman–Crippen LogP) is -1.69. The zero-order chi connectivity index (χ0) is 45.6. The number of aromatic amines is 1. The van der Waals surface area contributed by atoms with Crippen molar-refractivity contribution in [2.45, 2.75) is 116 Å². The molecule has 0 aliphatic carbocycles. The molecule has 2 aromatic rings. The molecule has 2 rings (SSSR count). The molecule has 1 aromatic heterocycles. The van der Waals surface area contributed by atoms with Crippen molar-refractivity contribution >= 4 is 53.6 Å². The number of phenolic OH excluding ortho intramolecular Hbond substituents is 1. The average molecular weight is 855 g/mol. The van der Waals surface area contributed by atoms with Gasteiger partial charge in [-0.2, -0.15) is 0 Å². The molecule has 0 unspecified atom stereocenters. The molecule has 0 radical (unpaired) electrons. The SMILES string of the molecule is CC(=O)N[C@@H](Cc1ccc(O)cc1)C(=O)N[C@@H](Cc1cnc[nH]1)C(=O)N[C@@H](CC(C)C)C(=O)NCC(=O)N[C@@H](CC(C)C)C(=O)N[C@@H](C)C(=O)N[C@H](C=O)CCCN=C(N)N. The highest BCUT2D eigenvalue weighted by molar-refractivity contribution is 5.96. The number of guanidine groups is 1. The van der Waals surface area contributed by atoms with Crippen molar-refractivity contribution in [1.29, 1.82) is 0 Å². The van der Waals surface area contributed by atoms with Gasteiger partial charge < -0.3 is 63.6 Å². The number of hydrogen-bond donors (Lipinski definition) is 11. The first kappa shape index (κ1) is 50.6. The van der Waals surface area contributed by atoms with Gasteiger partial charge in [0.1, 0.15) is 42.2 Å². The highest BCUT2D eigenvalue weighted by atomic mass is 16.3. The number of carbonyl (C=O) groups is 8. The molecule has 0 saturated heterocycles. The number of rotatable bonds is 26. The van der Waals surface area contributed by atoms with E-state index in [4.69, 9.17) is 11.5 Å². The van der Waals surface area contributed by atoms with Gasteiger partial charge >= 0.3 is 0 Å². The summed E-state index contributed by atoms with van der Waals surface area (Å²) in [5, 5.41) is 27.9. The summed E-state index contributed by atoms with van der Waals surface area (Å²) in [7, 11) is 0. The Morgan fingerprint density at radius 2 is 1.33 bits per heavy atom. The van der Waals surface area contributed by atoms with Gasteiger partial charge in [0.15, 0.2) is 5.96 Å². The van der Waals surface area contributed by atoms with Gasteiger partial charge in [-0.15, -0.1) is 0 Å². The number of phenols is 1. The Labute approximate surface area is 355 Å². The summed E-state index contributed by atoms with van der Waals surface area (Å²) < 4.78 is 0. The van der Waals surface area contributed by atoms with Crippen molar-refractivity contribution in [3.05, 3.63) is 48.0 Å². The number of nitrogens with two attached hydrogens (primary N) is 2.